The third-order valence-corrected chi connectivity index (χ3v) is 5.88. The van der Waals surface area contributed by atoms with Crippen LogP contribution in [0.1, 0.15) is 17.3 Å². The number of ether oxygens (including phenoxy) is 1. The zero-order valence-electron chi connectivity index (χ0n) is 19.0. The summed E-state index contributed by atoms with van der Waals surface area (Å²) >= 11 is 0. The number of piperazine rings is 1. The predicted molar refractivity (Wildman–Crippen MR) is 133 cm³/mol. The topological polar surface area (TPSA) is 83.5 Å². The molecular weight excluding hydrogens is 428 g/mol. The Kier molecular flexibility index (Phi) is 6.20. The number of benzene rings is 2. The highest BCUT2D eigenvalue weighted by molar-refractivity contribution is 6.09. The molecule has 0 saturated carbocycles. The number of aromatic nitrogens is 3. The van der Waals surface area contributed by atoms with Crippen molar-refractivity contribution in [3.63, 3.8) is 0 Å². The zero-order valence-corrected chi connectivity index (χ0v) is 19.0. The van der Waals surface area contributed by atoms with E-state index in [1.807, 2.05) is 72.5 Å². The number of fused-ring (bicyclic) bond motifs is 1. The van der Waals surface area contributed by atoms with E-state index >= 15 is 0 Å². The van der Waals surface area contributed by atoms with Crippen LogP contribution in [0.15, 0.2) is 73.1 Å². The molecule has 1 saturated heterocycles. The summed E-state index contributed by atoms with van der Waals surface area (Å²) in [4.78, 5) is 21.7. The fourth-order valence-corrected chi connectivity index (χ4v) is 4.19. The zero-order chi connectivity index (χ0) is 23.3. The first-order valence-electron chi connectivity index (χ1n) is 11.4. The number of hydrogen-bond donors (Lipinski definition) is 1. The summed E-state index contributed by atoms with van der Waals surface area (Å²) in [5, 5.41) is 13.8. The number of pyridine rings is 1. The molecule has 8 nitrogen and oxygen atoms in total. The maximum absolute atomic E-state index is 13.6. The van der Waals surface area contributed by atoms with Gasteiger partial charge >= 0.3 is 0 Å². The van der Waals surface area contributed by atoms with Crippen LogP contribution in [0.25, 0.3) is 10.8 Å². The number of anilines is 3. The molecule has 1 aliphatic heterocycles. The van der Waals surface area contributed by atoms with E-state index < -0.39 is 0 Å². The second kappa shape index (κ2) is 9.74. The molecular formula is C26H26N6O2. The molecule has 1 aliphatic rings. The molecule has 0 atom stereocenters. The summed E-state index contributed by atoms with van der Waals surface area (Å²) in [6.45, 7) is 5.02. The van der Waals surface area contributed by atoms with Gasteiger partial charge in [0.2, 0.25) is 0 Å². The monoisotopic (exact) mass is 454 g/mol. The van der Waals surface area contributed by atoms with Crippen LogP contribution in [0.4, 0.5) is 17.3 Å². The van der Waals surface area contributed by atoms with Crippen molar-refractivity contribution < 1.29 is 9.53 Å². The van der Waals surface area contributed by atoms with E-state index in [0.717, 1.165) is 22.3 Å². The standard InChI is InChI=1S/C26H26N6O2/c1-2-34-22-10-9-19-6-3-4-8-21(19)25(22)26(33)32-16-14-31(15-17-32)24-12-11-23(29-30-24)28-20-7-5-13-27-18-20/h3-13,18H,2,14-17H2,1H3,(H,28,29). The quantitative estimate of drug-likeness (QED) is 0.469. The molecule has 172 valence electrons. The molecule has 0 unspecified atom stereocenters. The van der Waals surface area contributed by atoms with Gasteiger partial charge in [-0.3, -0.25) is 9.78 Å². The minimum Gasteiger partial charge on any atom is -0.493 e. The van der Waals surface area contributed by atoms with Crippen molar-refractivity contribution in [3.05, 3.63) is 78.6 Å². The second-order valence-corrected chi connectivity index (χ2v) is 8.02. The van der Waals surface area contributed by atoms with E-state index in [1.165, 1.54) is 0 Å². The lowest BCUT2D eigenvalue weighted by atomic mass is 10.0. The van der Waals surface area contributed by atoms with Crippen LogP contribution < -0.4 is 15.0 Å². The molecule has 3 heterocycles. The Morgan fingerprint density at radius 2 is 1.82 bits per heavy atom. The number of amides is 1. The summed E-state index contributed by atoms with van der Waals surface area (Å²) in [6.07, 6.45) is 3.46. The van der Waals surface area contributed by atoms with Gasteiger partial charge in [0.1, 0.15) is 5.75 Å². The number of hydrogen-bond acceptors (Lipinski definition) is 7. The normalized spacial score (nSPS) is 13.7. The first kappa shape index (κ1) is 21.6. The molecule has 8 heteroatoms. The Morgan fingerprint density at radius 1 is 0.971 bits per heavy atom. The van der Waals surface area contributed by atoms with Crippen LogP contribution in [-0.2, 0) is 0 Å². The summed E-state index contributed by atoms with van der Waals surface area (Å²) in [5.74, 6) is 2.09. The molecule has 1 fully saturated rings. The van der Waals surface area contributed by atoms with Crippen molar-refractivity contribution in [1.82, 2.24) is 20.1 Å². The fourth-order valence-electron chi connectivity index (χ4n) is 4.19. The van der Waals surface area contributed by atoms with Gasteiger partial charge in [-0.25, -0.2) is 0 Å². The van der Waals surface area contributed by atoms with Gasteiger partial charge in [-0.15, -0.1) is 10.2 Å². The molecule has 1 N–H and O–H groups in total. The van der Waals surface area contributed by atoms with E-state index in [-0.39, 0.29) is 5.91 Å². The van der Waals surface area contributed by atoms with E-state index in [0.29, 0.717) is 49.9 Å². The Morgan fingerprint density at radius 3 is 2.56 bits per heavy atom. The Hall–Kier alpha value is -4.20. The lowest BCUT2D eigenvalue weighted by Crippen LogP contribution is -2.49. The first-order chi connectivity index (χ1) is 16.7. The summed E-state index contributed by atoms with van der Waals surface area (Å²) < 4.78 is 5.82. The Bertz CT molecular complexity index is 1270. The molecule has 2 aromatic heterocycles. The molecule has 0 aliphatic carbocycles. The molecule has 5 rings (SSSR count). The minimum atomic E-state index is 0.00185. The maximum Gasteiger partial charge on any atom is 0.258 e. The van der Waals surface area contributed by atoms with Gasteiger partial charge in [-0.05, 0) is 48.0 Å². The summed E-state index contributed by atoms with van der Waals surface area (Å²) in [6, 6.07) is 19.5. The highest BCUT2D eigenvalue weighted by Crippen LogP contribution is 2.30. The van der Waals surface area contributed by atoms with Crippen molar-refractivity contribution in [3.8, 4) is 5.75 Å². The lowest BCUT2D eigenvalue weighted by Gasteiger charge is -2.35. The van der Waals surface area contributed by atoms with Crippen LogP contribution in [0.2, 0.25) is 0 Å². The highest BCUT2D eigenvalue weighted by atomic mass is 16.5. The van der Waals surface area contributed by atoms with Crippen LogP contribution in [0.5, 0.6) is 5.75 Å². The van der Waals surface area contributed by atoms with Gasteiger partial charge in [-0.2, -0.15) is 0 Å². The molecule has 0 bridgehead atoms. The van der Waals surface area contributed by atoms with E-state index in [9.17, 15) is 4.79 Å². The number of carbonyl (C=O) groups excluding carboxylic acids is 1. The van der Waals surface area contributed by atoms with Crippen molar-refractivity contribution in [2.24, 2.45) is 0 Å². The Labute approximate surface area is 198 Å². The number of rotatable bonds is 6. The number of nitrogens with one attached hydrogen (secondary N) is 1. The molecule has 2 aromatic carbocycles. The molecule has 0 spiro atoms. The van der Waals surface area contributed by atoms with Gasteiger partial charge in [0.05, 0.1) is 24.1 Å². The molecule has 4 aromatic rings. The number of carbonyl (C=O) groups is 1. The first-order valence-corrected chi connectivity index (χ1v) is 11.4. The van der Waals surface area contributed by atoms with Gasteiger partial charge in [0.25, 0.3) is 5.91 Å². The average Bonchev–Trinajstić information content (AvgIpc) is 2.89. The van der Waals surface area contributed by atoms with Crippen LogP contribution in [0, 0.1) is 0 Å². The van der Waals surface area contributed by atoms with E-state index in [4.69, 9.17) is 4.74 Å². The average molecular weight is 455 g/mol. The predicted octanol–water partition coefficient (Wildman–Crippen LogP) is 4.13. The second-order valence-electron chi connectivity index (χ2n) is 8.02. The number of nitrogens with zero attached hydrogens (tertiary/aromatic N) is 5. The lowest BCUT2D eigenvalue weighted by molar-refractivity contribution is 0.0744. The third-order valence-electron chi connectivity index (χ3n) is 5.88. The largest absolute Gasteiger partial charge is 0.493 e. The van der Waals surface area contributed by atoms with E-state index in [2.05, 4.69) is 25.4 Å². The molecule has 0 radical (unpaired) electrons. The summed E-state index contributed by atoms with van der Waals surface area (Å²) in [5.41, 5.74) is 1.50. The van der Waals surface area contributed by atoms with Crippen LogP contribution >= 0.6 is 0 Å². The smallest absolute Gasteiger partial charge is 0.258 e. The van der Waals surface area contributed by atoms with Crippen molar-refractivity contribution in [1.29, 1.82) is 0 Å². The van der Waals surface area contributed by atoms with Crippen molar-refractivity contribution in [2.75, 3.05) is 43.0 Å². The van der Waals surface area contributed by atoms with Crippen LogP contribution in [-0.4, -0.2) is 58.8 Å². The summed E-state index contributed by atoms with van der Waals surface area (Å²) in [7, 11) is 0. The van der Waals surface area contributed by atoms with Gasteiger partial charge < -0.3 is 19.9 Å². The van der Waals surface area contributed by atoms with Gasteiger partial charge in [-0.1, -0.05) is 30.3 Å². The maximum atomic E-state index is 13.6. The van der Waals surface area contributed by atoms with Crippen molar-refractivity contribution >= 4 is 34.0 Å². The van der Waals surface area contributed by atoms with Gasteiger partial charge in [0.15, 0.2) is 11.6 Å². The molecule has 1 amide bonds. The van der Waals surface area contributed by atoms with E-state index in [1.54, 1.807) is 12.4 Å². The van der Waals surface area contributed by atoms with Crippen LogP contribution in [0.3, 0.4) is 0 Å². The Balaban J connectivity index is 1.27. The van der Waals surface area contributed by atoms with Crippen molar-refractivity contribution in [2.45, 2.75) is 6.92 Å². The highest BCUT2D eigenvalue weighted by Gasteiger charge is 2.26. The minimum absolute atomic E-state index is 0.00185. The van der Waals surface area contributed by atoms with Gasteiger partial charge in [0, 0.05) is 32.4 Å². The SMILES string of the molecule is CCOc1ccc2ccccc2c1C(=O)N1CCN(c2ccc(Nc3cccnc3)nn2)CC1. The fraction of sp³-hybridized carbons (Fsp3) is 0.231. The molecule has 34 heavy (non-hydrogen) atoms. The third kappa shape index (κ3) is 4.47.